The van der Waals surface area contributed by atoms with Crippen LogP contribution >= 0.6 is 0 Å². The average molecular weight is 276 g/mol. The molecule has 0 atom stereocenters. The number of nitrogens with one attached hydrogen (secondary N) is 1. The van der Waals surface area contributed by atoms with Crippen LogP contribution in [-0.2, 0) is 6.42 Å². The summed E-state index contributed by atoms with van der Waals surface area (Å²) in [5.74, 6) is 0.804. The Morgan fingerprint density at radius 2 is 1.75 bits per heavy atom. The quantitative estimate of drug-likeness (QED) is 0.921. The summed E-state index contributed by atoms with van der Waals surface area (Å²) in [5.41, 5.74) is 1.96. The first-order chi connectivity index (χ1) is 9.65. The minimum atomic E-state index is 0.0521. The molecule has 2 amide bonds. The van der Waals surface area contributed by atoms with E-state index in [2.05, 4.69) is 15.3 Å². The third-order valence-electron chi connectivity index (χ3n) is 3.55. The number of amides is 2. The van der Waals surface area contributed by atoms with Gasteiger partial charge in [-0.1, -0.05) is 12.8 Å². The predicted octanol–water partition coefficient (Wildman–Crippen LogP) is 2.22. The van der Waals surface area contributed by atoms with Crippen LogP contribution in [0.5, 0.6) is 0 Å². The first kappa shape index (κ1) is 14.8. The van der Waals surface area contributed by atoms with Crippen LogP contribution in [-0.4, -0.2) is 40.5 Å². The monoisotopic (exact) mass is 276 g/mol. The second-order valence-corrected chi connectivity index (χ2v) is 5.45. The molecule has 5 heteroatoms. The minimum Gasteiger partial charge on any atom is -0.338 e. The van der Waals surface area contributed by atoms with Crippen molar-refractivity contribution in [3.63, 3.8) is 0 Å². The molecule has 0 unspecified atom stereocenters. The number of carbonyl (C=O) groups is 1. The zero-order chi connectivity index (χ0) is 14.4. The Labute approximate surface area is 120 Å². The van der Waals surface area contributed by atoms with Gasteiger partial charge in [0.25, 0.3) is 0 Å². The van der Waals surface area contributed by atoms with Gasteiger partial charge in [0.1, 0.15) is 5.82 Å². The van der Waals surface area contributed by atoms with Crippen LogP contribution in [0.4, 0.5) is 4.79 Å². The number of nitrogens with zero attached hydrogens (tertiary/aromatic N) is 3. The lowest BCUT2D eigenvalue weighted by atomic mass is 10.2. The van der Waals surface area contributed by atoms with Crippen LogP contribution in [0.25, 0.3) is 0 Å². The van der Waals surface area contributed by atoms with E-state index >= 15 is 0 Å². The zero-order valence-electron chi connectivity index (χ0n) is 12.5. The molecule has 2 heterocycles. The van der Waals surface area contributed by atoms with E-state index in [1.54, 1.807) is 0 Å². The van der Waals surface area contributed by atoms with E-state index in [9.17, 15) is 4.79 Å². The number of aryl methyl sites for hydroxylation is 2. The lowest BCUT2D eigenvalue weighted by molar-refractivity contribution is 0.200. The molecular weight excluding hydrogens is 252 g/mol. The van der Waals surface area contributed by atoms with Gasteiger partial charge in [-0.25, -0.2) is 14.8 Å². The maximum Gasteiger partial charge on any atom is 0.317 e. The Morgan fingerprint density at radius 3 is 2.35 bits per heavy atom. The fraction of sp³-hybridized carbons (Fsp3) is 0.667. The molecule has 1 aromatic heterocycles. The van der Waals surface area contributed by atoms with Crippen LogP contribution in [0.2, 0.25) is 0 Å². The highest BCUT2D eigenvalue weighted by Crippen LogP contribution is 2.09. The molecule has 1 N–H and O–H groups in total. The van der Waals surface area contributed by atoms with Gasteiger partial charge in [0.2, 0.25) is 0 Å². The molecule has 5 nitrogen and oxygen atoms in total. The van der Waals surface area contributed by atoms with Crippen molar-refractivity contribution in [1.82, 2.24) is 20.2 Å². The third-order valence-corrected chi connectivity index (χ3v) is 3.55. The Balaban J connectivity index is 1.78. The third kappa shape index (κ3) is 4.47. The van der Waals surface area contributed by atoms with Crippen LogP contribution in [0.15, 0.2) is 6.07 Å². The van der Waals surface area contributed by atoms with Crippen molar-refractivity contribution >= 4 is 6.03 Å². The summed E-state index contributed by atoms with van der Waals surface area (Å²) in [4.78, 5) is 22.7. The van der Waals surface area contributed by atoms with E-state index in [0.717, 1.165) is 43.1 Å². The Bertz CT molecular complexity index is 433. The molecule has 1 aliphatic rings. The van der Waals surface area contributed by atoms with Gasteiger partial charge in [-0.2, -0.15) is 0 Å². The van der Waals surface area contributed by atoms with Gasteiger partial charge in [0, 0.05) is 37.4 Å². The molecule has 0 aliphatic carbocycles. The number of carbonyl (C=O) groups excluding carboxylic acids is 1. The standard InChI is InChI=1S/C15H24N4O/c1-12-11-13(2)18-14(17-12)7-8-16-15(20)19-9-5-3-4-6-10-19/h11H,3-10H2,1-2H3,(H,16,20). The van der Waals surface area contributed by atoms with Crippen LogP contribution < -0.4 is 5.32 Å². The van der Waals surface area contributed by atoms with E-state index in [-0.39, 0.29) is 6.03 Å². The largest absolute Gasteiger partial charge is 0.338 e. The minimum absolute atomic E-state index is 0.0521. The van der Waals surface area contributed by atoms with E-state index < -0.39 is 0 Å². The number of hydrogen-bond acceptors (Lipinski definition) is 3. The highest BCUT2D eigenvalue weighted by molar-refractivity contribution is 5.74. The van der Waals surface area contributed by atoms with Crippen molar-refractivity contribution < 1.29 is 4.79 Å². The van der Waals surface area contributed by atoms with Crippen molar-refractivity contribution in [2.24, 2.45) is 0 Å². The molecule has 1 fully saturated rings. The highest BCUT2D eigenvalue weighted by atomic mass is 16.2. The summed E-state index contributed by atoms with van der Waals surface area (Å²) in [6, 6.07) is 2.01. The van der Waals surface area contributed by atoms with Crippen molar-refractivity contribution in [3.05, 3.63) is 23.3 Å². The SMILES string of the molecule is Cc1cc(C)nc(CCNC(=O)N2CCCCCC2)n1. The normalized spacial score (nSPS) is 15.8. The summed E-state index contributed by atoms with van der Waals surface area (Å²) in [5, 5.41) is 2.97. The maximum atomic E-state index is 12.0. The number of rotatable bonds is 3. The smallest absolute Gasteiger partial charge is 0.317 e. The molecule has 20 heavy (non-hydrogen) atoms. The van der Waals surface area contributed by atoms with Gasteiger partial charge < -0.3 is 10.2 Å². The fourth-order valence-corrected chi connectivity index (χ4v) is 2.58. The maximum absolute atomic E-state index is 12.0. The van der Waals surface area contributed by atoms with Gasteiger partial charge in [0.15, 0.2) is 0 Å². The van der Waals surface area contributed by atoms with Crippen molar-refractivity contribution in [2.45, 2.75) is 46.0 Å². The Morgan fingerprint density at radius 1 is 1.15 bits per heavy atom. The van der Waals surface area contributed by atoms with Crippen LogP contribution in [0.3, 0.4) is 0 Å². The topological polar surface area (TPSA) is 58.1 Å². The zero-order valence-corrected chi connectivity index (χ0v) is 12.5. The van der Waals surface area contributed by atoms with Gasteiger partial charge in [0.05, 0.1) is 0 Å². The summed E-state index contributed by atoms with van der Waals surface area (Å²) >= 11 is 0. The van der Waals surface area contributed by atoms with Crippen molar-refractivity contribution in [2.75, 3.05) is 19.6 Å². The van der Waals surface area contributed by atoms with Gasteiger partial charge in [-0.3, -0.25) is 0 Å². The van der Waals surface area contributed by atoms with Gasteiger partial charge >= 0.3 is 6.03 Å². The van der Waals surface area contributed by atoms with Gasteiger partial charge in [-0.05, 0) is 32.8 Å². The second-order valence-electron chi connectivity index (χ2n) is 5.45. The molecule has 110 valence electrons. The molecule has 0 radical (unpaired) electrons. The molecule has 1 saturated heterocycles. The second kappa shape index (κ2) is 7.22. The van der Waals surface area contributed by atoms with E-state index in [0.29, 0.717) is 13.0 Å². The first-order valence-corrected chi connectivity index (χ1v) is 7.49. The Hall–Kier alpha value is -1.65. The summed E-state index contributed by atoms with van der Waals surface area (Å²) in [6.07, 6.45) is 5.39. The molecule has 2 rings (SSSR count). The summed E-state index contributed by atoms with van der Waals surface area (Å²) in [7, 11) is 0. The van der Waals surface area contributed by atoms with Crippen LogP contribution in [0.1, 0.15) is 42.9 Å². The molecule has 0 saturated carbocycles. The molecule has 0 bridgehead atoms. The fourth-order valence-electron chi connectivity index (χ4n) is 2.58. The molecule has 0 aromatic carbocycles. The first-order valence-electron chi connectivity index (χ1n) is 7.49. The van der Waals surface area contributed by atoms with Gasteiger partial charge in [-0.15, -0.1) is 0 Å². The molecule has 1 aromatic rings. The molecule has 0 spiro atoms. The summed E-state index contributed by atoms with van der Waals surface area (Å²) in [6.45, 7) is 6.29. The number of hydrogen-bond donors (Lipinski definition) is 1. The average Bonchev–Trinajstić information content (AvgIpc) is 2.66. The number of aromatic nitrogens is 2. The van der Waals surface area contributed by atoms with Crippen LogP contribution in [0, 0.1) is 13.8 Å². The molecular formula is C15H24N4O. The predicted molar refractivity (Wildman–Crippen MR) is 78.6 cm³/mol. The van der Waals surface area contributed by atoms with E-state index in [1.165, 1.54) is 12.8 Å². The van der Waals surface area contributed by atoms with Crippen molar-refractivity contribution in [1.29, 1.82) is 0 Å². The molecule has 1 aliphatic heterocycles. The number of likely N-dealkylation sites (tertiary alicyclic amines) is 1. The van der Waals surface area contributed by atoms with Crippen molar-refractivity contribution in [3.8, 4) is 0 Å². The Kier molecular flexibility index (Phi) is 5.32. The lowest BCUT2D eigenvalue weighted by Gasteiger charge is -2.20. The number of urea groups is 1. The summed E-state index contributed by atoms with van der Waals surface area (Å²) < 4.78 is 0. The lowest BCUT2D eigenvalue weighted by Crippen LogP contribution is -2.41. The highest BCUT2D eigenvalue weighted by Gasteiger charge is 2.14. The van der Waals surface area contributed by atoms with E-state index in [1.807, 2.05) is 24.8 Å². The van der Waals surface area contributed by atoms with E-state index in [4.69, 9.17) is 0 Å².